The van der Waals surface area contributed by atoms with Gasteiger partial charge >= 0.3 is 0 Å². The number of halogens is 1. The van der Waals surface area contributed by atoms with Crippen molar-refractivity contribution in [2.24, 2.45) is 16.6 Å². The predicted octanol–water partition coefficient (Wildman–Crippen LogP) is 3.48. The second-order valence-corrected chi connectivity index (χ2v) is 4.26. The number of methoxy groups -OCH3 is 1. The van der Waals surface area contributed by atoms with E-state index >= 15 is 0 Å². The van der Waals surface area contributed by atoms with E-state index in [2.05, 4.69) is 24.2 Å². The molecule has 0 aliphatic heterocycles. The van der Waals surface area contributed by atoms with E-state index in [0.29, 0.717) is 11.9 Å². The number of nitrogens with one attached hydrogen (secondary N) is 1. The molecule has 0 saturated heterocycles. The number of ether oxygens (including phenoxy) is 1. The minimum absolute atomic E-state index is 0. The maximum atomic E-state index is 5.84. The molecule has 0 heterocycles. The number of hydrogen-bond donors (Lipinski definition) is 2. The molecule has 1 rings (SSSR count). The van der Waals surface area contributed by atoms with E-state index in [9.17, 15) is 0 Å². The SMILES string of the molecule is CCC(CC)CN=C(N)Nc1ccc(OC)cc1.I. The fourth-order valence-corrected chi connectivity index (χ4v) is 1.64. The summed E-state index contributed by atoms with van der Waals surface area (Å²) in [6.07, 6.45) is 2.27. The lowest BCUT2D eigenvalue weighted by Crippen LogP contribution is -2.23. The molecule has 0 radical (unpaired) electrons. The van der Waals surface area contributed by atoms with E-state index in [1.165, 1.54) is 0 Å². The van der Waals surface area contributed by atoms with Crippen LogP contribution in [-0.2, 0) is 0 Å². The Morgan fingerprint density at radius 2 is 1.84 bits per heavy atom. The van der Waals surface area contributed by atoms with Gasteiger partial charge in [-0.25, -0.2) is 0 Å². The average Bonchev–Trinajstić information content (AvgIpc) is 2.41. The molecule has 3 N–H and O–H groups in total. The summed E-state index contributed by atoms with van der Waals surface area (Å²) in [5.41, 5.74) is 6.76. The van der Waals surface area contributed by atoms with Crippen molar-refractivity contribution in [2.45, 2.75) is 26.7 Å². The molecule has 5 heteroatoms. The molecule has 0 aliphatic carbocycles. The van der Waals surface area contributed by atoms with Gasteiger partial charge in [0, 0.05) is 12.2 Å². The van der Waals surface area contributed by atoms with Crippen molar-refractivity contribution in [2.75, 3.05) is 19.0 Å². The van der Waals surface area contributed by atoms with Crippen LogP contribution in [0, 0.1) is 5.92 Å². The molecule has 19 heavy (non-hydrogen) atoms. The van der Waals surface area contributed by atoms with E-state index < -0.39 is 0 Å². The Kier molecular flexibility index (Phi) is 9.38. The second-order valence-electron chi connectivity index (χ2n) is 4.26. The Labute approximate surface area is 132 Å². The standard InChI is InChI=1S/C14H23N3O.HI/c1-4-11(5-2)10-16-14(15)17-12-6-8-13(18-3)9-7-12;/h6-9,11H,4-5,10H2,1-3H3,(H3,15,16,17);1H. The van der Waals surface area contributed by atoms with Gasteiger partial charge in [0.25, 0.3) is 0 Å². The monoisotopic (exact) mass is 377 g/mol. The van der Waals surface area contributed by atoms with E-state index in [-0.39, 0.29) is 24.0 Å². The van der Waals surface area contributed by atoms with Crippen LogP contribution in [0.15, 0.2) is 29.3 Å². The highest BCUT2D eigenvalue weighted by Gasteiger charge is 2.02. The molecule has 4 nitrogen and oxygen atoms in total. The molecule has 0 spiro atoms. The fourth-order valence-electron chi connectivity index (χ4n) is 1.64. The first-order chi connectivity index (χ1) is 8.69. The van der Waals surface area contributed by atoms with E-state index in [1.807, 2.05) is 24.3 Å². The molecular weight excluding hydrogens is 353 g/mol. The quantitative estimate of drug-likeness (QED) is 0.453. The molecule has 0 atom stereocenters. The van der Waals surface area contributed by atoms with Gasteiger partial charge in [-0.15, -0.1) is 24.0 Å². The van der Waals surface area contributed by atoms with Gasteiger partial charge in [0.2, 0.25) is 0 Å². The van der Waals surface area contributed by atoms with Crippen molar-refractivity contribution in [3.05, 3.63) is 24.3 Å². The van der Waals surface area contributed by atoms with Gasteiger partial charge in [-0.3, -0.25) is 4.99 Å². The van der Waals surface area contributed by atoms with E-state index in [0.717, 1.165) is 30.8 Å². The van der Waals surface area contributed by atoms with Crippen LogP contribution < -0.4 is 15.8 Å². The summed E-state index contributed by atoms with van der Waals surface area (Å²) in [4.78, 5) is 4.36. The van der Waals surface area contributed by atoms with Crippen molar-refractivity contribution in [3.63, 3.8) is 0 Å². The van der Waals surface area contributed by atoms with Crippen molar-refractivity contribution >= 4 is 35.6 Å². The van der Waals surface area contributed by atoms with Gasteiger partial charge < -0.3 is 15.8 Å². The van der Waals surface area contributed by atoms with Crippen LogP contribution in [0.3, 0.4) is 0 Å². The number of anilines is 1. The van der Waals surface area contributed by atoms with Gasteiger partial charge in [0.1, 0.15) is 5.75 Å². The summed E-state index contributed by atoms with van der Waals surface area (Å²) in [5, 5.41) is 3.07. The molecular formula is C14H24IN3O. The Hall–Kier alpha value is -0.980. The van der Waals surface area contributed by atoms with E-state index in [4.69, 9.17) is 10.5 Å². The van der Waals surface area contributed by atoms with Gasteiger partial charge in [-0.1, -0.05) is 26.7 Å². The minimum atomic E-state index is 0. The van der Waals surface area contributed by atoms with Crippen molar-refractivity contribution in [1.82, 2.24) is 0 Å². The minimum Gasteiger partial charge on any atom is -0.497 e. The smallest absolute Gasteiger partial charge is 0.193 e. The summed E-state index contributed by atoms with van der Waals surface area (Å²) in [7, 11) is 1.65. The normalized spacial score (nSPS) is 11.1. The molecule has 0 amide bonds. The van der Waals surface area contributed by atoms with Crippen LogP contribution in [0.5, 0.6) is 5.75 Å². The van der Waals surface area contributed by atoms with Gasteiger partial charge in [-0.2, -0.15) is 0 Å². The number of aliphatic imine (C=N–C) groups is 1. The lowest BCUT2D eigenvalue weighted by atomic mass is 10.0. The lowest BCUT2D eigenvalue weighted by molar-refractivity contribution is 0.415. The third kappa shape index (κ3) is 6.66. The molecule has 1 aromatic rings. The highest BCUT2D eigenvalue weighted by atomic mass is 127. The van der Waals surface area contributed by atoms with Crippen LogP contribution in [0.1, 0.15) is 26.7 Å². The van der Waals surface area contributed by atoms with Crippen LogP contribution in [0.25, 0.3) is 0 Å². The largest absolute Gasteiger partial charge is 0.497 e. The zero-order chi connectivity index (χ0) is 13.4. The third-order valence-electron chi connectivity index (χ3n) is 3.04. The summed E-state index contributed by atoms with van der Waals surface area (Å²) in [6.45, 7) is 5.13. The number of benzene rings is 1. The number of nitrogens with zero attached hydrogens (tertiary/aromatic N) is 1. The van der Waals surface area contributed by atoms with Crippen LogP contribution in [-0.4, -0.2) is 19.6 Å². The average molecular weight is 377 g/mol. The molecule has 0 aliphatic rings. The maximum absolute atomic E-state index is 5.84. The molecule has 0 fully saturated rings. The fraction of sp³-hybridized carbons (Fsp3) is 0.500. The molecule has 0 aromatic heterocycles. The van der Waals surface area contributed by atoms with Crippen LogP contribution in [0.2, 0.25) is 0 Å². The second kappa shape index (κ2) is 9.89. The number of hydrogen-bond acceptors (Lipinski definition) is 2. The van der Waals surface area contributed by atoms with Crippen molar-refractivity contribution < 1.29 is 4.74 Å². The zero-order valence-electron chi connectivity index (χ0n) is 11.8. The molecule has 0 bridgehead atoms. The number of rotatable bonds is 6. The highest BCUT2D eigenvalue weighted by Crippen LogP contribution is 2.14. The Balaban J connectivity index is 0.00000324. The molecule has 0 unspecified atom stereocenters. The summed E-state index contributed by atoms with van der Waals surface area (Å²) >= 11 is 0. The first-order valence-electron chi connectivity index (χ1n) is 6.40. The number of nitrogens with two attached hydrogens (primary N) is 1. The maximum Gasteiger partial charge on any atom is 0.193 e. The highest BCUT2D eigenvalue weighted by molar-refractivity contribution is 14.0. The van der Waals surface area contributed by atoms with Crippen molar-refractivity contribution in [1.29, 1.82) is 0 Å². The van der Waals surface area contributed by atoms with E-state index in [1.54, 1.807) is 7.11 Å². The molecule has 0 saturated carbocycles. The first-order valence-corrected chi connectivity index (χ1v) is 6.40. The van der Waals surface area contributed by atoms with Gasteiger partial charge in [0.15, 0.2) is 5.96 Å². The van der Waals surface area contributed by atoms with Gasteiger partial charge in [-0.05, 0) is 30.2 Å². The third-order valence-corrected chi connectivity index (χ3v) is 3.04. The molecule has 108 valence electrons. The first kappa shape index (κ1) is 18.0. The predicted molar refractivity (Wildman–Crippen MR) is 92.6 cm³/mol. The zero-order valence-corrected chi connectivity index (χ0v) is 14.2. The molecule has 1 aromatic carbocycles. The van der Waals surface area contributed by atoms with Gasteiger partial charge in [0.05, 0.1) is 7.11 Å². The Morgan fingerprint density at radius 1 is 1.26 bits per heavy atom. The number of guanidine groups is 1. The Morgan fingerprint density at radius 3 is 2.32 bits per heavy atom. The lowest BCUT2D eigenvalue weighted by Gasteiger charge is -2.10. The topological polar surface area (TPSA) is 59.6 Å². The summed E-state index contributed by atoms with van der Waals surface area (Å²) < 4.78 is 5.09. The van der Waals surface area contributed by atoms with Crippen molar-refractivity contribution in [3.8, 4) is 5.75 Å². The van der Waals surface area contributed by atoms with Crippen LogP contribution >= 0.6 is 24.0 Å². The summed E-state index contributed by atoms with van der Waals surface area (Å²) in [5.74, 6) is 1.90. The van der Waals surface area contributed by atoms with Crippen LogP contribution in [0.4, 0.5) is 5.69 Å². The summed E-state index contributed by atoms with van der Waals surface area (Å²) in [6, 6.07) is 7.60. The Bertz CT molecular complexity index is 375.